The lowest BCUT2D eigenvalue weighted by molar-refractivity contribution is 0.242. The fourth-order valence-electron chi connectivity index (χ4n) is 2.59. The maximum Gasteiger partial charge on any atom is 0.193 e. The molecule has 2 aromatic rings. The first-order chi connectivity index (χ1) is 12.5. The van der Waals surface area contributed by atoms with Crippen LogP contribution in [-0.4, -0.2) is 37.1 Å². The van der Waals surface area contributed by atoms with Gasteiger partial charge in [-0.25, -0.2) is 0 Å². The Morgan fingerprint density at radius 3 is 2.46 bits per heavy atom. The van der Waals surface area contributed by atoms with E-state index in [1.807, 2.05) is 44.2 Å². The molecule has 3 N–H and O–H groups in total. The van der Waals surface area contributed by atoms with Crippen molar-refractivity contribution in [2.75, 3.05) is 25.5 Å². The third kappa shape index (κ3) is 7.57. The molecular weight excluding hydrogens is 324 g/mol. The fraction of sp³-hybridized carbons (Fsp3) is 0.381. The van der Waals surface area contributed by atoms with Gasteiger partial charge in [-0.15, -0.1) is 0 Å². The molecule has 0 saturated carbocycles. The van der Waals surface area contributed by atoms with E-state index in [1.165, 1.54) is 5.56 Å². The van der Waals surface area contributed by atoms with Crippen molar-refractivity contribution in [1.29, 1.82) is 0 Å². The minimum Gasteiger partial charge on any atom is -0.491 e. The number of guanidine groups is 1. The molecule has 0 aromatic heterocycles. The number of nitrogens with two attached hydrogens (primary N) is 1. The zero-order chi connectivity index (χ0) is 18.8. The number of aliphatic imine (C=N–C) groups is 1. The van der Waals surface area contributed by atoms with Crippen molar-refractivity contribution >= 4 is 11.6 Å². The Kier molecular flexibility index (Phi) is 7.96. The molecule has 5 nitrogen and oxygen atoms in total. The van der Waals surface area contributed by atoms with Crippen LogP contribution in [0.2, 0.25) is 0 Å². The second-order valence-corrected chi connectivity index (χ2v) is 6.66. The highest BCUT2D eigenvalue weighted by molar-refractivity contribution is 5.92. The summed E-state index contributed by atoms with van der Waals surface area (Å²) in [6, 6.07) is 18.2. The van der Waals surface area contributed by atoms with E-state index < -0.39 is 0 Å². The largest absolute Gasteiger partial charge is 0.491 e. The number of nitrogens with zero attached hydrogens (tertiary/aromatic N) is 2. The molecule has 0 aliphatic heterocycles. The Balaban J connectivity index is 1.69. The van der Waals surface area contributed by atoms with Gasteiger partial charge in [-0.05, 0) is 63.7 Å². The van der Waals surface area contributed by atoms with Crippen LogP contribution in [0.15, 0.2) is 59.6 Å². The molecule has 0 fully saturated rings. The van der Waals surface area contributed by atoms with E-state index in [9.17, 15) is 0 Å². The van der Waals surface area contributed by atoms with Crippen molar-refractivity contribution in [2.45, 2.75) is 32.9 Å². The Bertz CT molecular complexity index is 668. The number of nitrogens with one attached hydrogen (secondary N) is 1. The van der Waals surface area contributed by atoms with Crippen molar-refractivity contribution in [3.63, 3.8) is 0 Å². The lowest BCUT2D eigenvalue weighted by Gasteiger charge is -2.16. The van der Waals surface area contributed by atoms with Gasteiger partial charge in [0.1, 0.15) is 5.75 Å². The van der Waals surface area contributed by atoms with Gasteiger partial charge in [-0.2, -0.15) is 0 Å². The normalized spacial score (nSPS) is 11.8. The van der Waals surface area contributed by atoms with E-state index in [-0.39, 0.29) is 6.10 Å². The SMILES string of the molecule is CC(C)Oc1ccc(NC(N)=NCCCN(C)Cc2ccccc2)cc1. The maximum absolute atomic E-state index is 5.96. The second kappa shape index (κ2) is 10.5. The van der Waals surface area contributed by atoms with E-state index in [2.05, 4.69) is 46.5 Å². The zero-order valence-electron chi connectivity index (χ0n) is 16.0. The highest BCUT2D eigenvalue weighted by Crippen LogP contribution is 2.16. The fourth-order valence-corrected chi connectivity index (χ4v) is 2.59. The lowest BCUT2D eigenvalue weighted by atomic mass is 10.2. The van der Waals surface area contributed by atoms with Gasteiger partial charge in [-0.1, -0.05) is 30.3 Å². The van der Waals surface area contributed by atoms with Crippen LogP contribution >= 0.6 is 0 Å². The average Bonchev–Trinajstić information content (AvgIpc) is 2.61. The molecule has 140 valence electrons. The second-order valence-electron chi connectivity index (χ2n) is 6.66. The number of ether oxygens (including phenoxy) is 1. The molecule has 0 amide bonds. The van der Waals surface area contributed by atoms with Crippen LogP contribution in [0, 0.1) is 0 Å². The Labute approximate surface area is 156 Å². The topological polar surface area (TPSA) is 62.9 Å². The van der Waals surface area contributed by atoms with Crippen LogP contribution in [0.3, 0.4) is 0 Å². The first-order valence-corrected chi connectivity index (χ1v) is 9.09. The molecule has 0 aliphatic carbocycles. The van der Waals surface area contributed by atoms with Gasteiger partial charge in [0.2, 0.25) is 0 Å². The summed E-state index contributed by atoms with van der Waals surface area (Å²) in [5, 5.41) is 3.11. The van der Waals surface area contributed by atoms with E-state index >= 15 is 0 Å². The summed E-state index contributed by atoms with van der Waals surface area (Å²) in [6.45, 7) is 6.64. The summed E-state index contributed by atoms with van der Waals surface area (Å²) >= 11 is 0. The molecule has 0 saturated heterocycles. The Morgan fingerprint density at radius 2 is 1.81 bits per heavy atom. The quantitative estimate of drug-likeness (QED) is 0.409. The highest BCUT2D eigenvalue weighted by atomic mass is 16.5. The van der Waals surface area contributed by atoms with Gasteiger partial charge in [0.15, 0.2) is 5.96 Å². The molecule has 2 rings (SSSR count). The van der Waals surface area contributed by atoms with Gasteiger partial charge in [0.25, 0.3) is 0 Å². The molecule has 0 atom stereocenters. The van der Waals surface area contributed by atoms with E-state index in [4.69, 9.17) is 10.5 Å². The van der Waals surface area contributed by atoms with Gasteiger partial charge >= 0.3 is 0 Å². The van der Waals surface area contributed by atoms with Crippen LogP contribution in [0.25, 0.3) is 0 Å². The number of benzene rings is 2. The van der Waals surface area contributed by atoms with Gasteiger partial charge in [-0.3, -0.25) is 4.99 Å². The number of hydrogen-bond acceptors (Lipinski definition) is 3. The molecule has 0 radical (unpaired) electrons. The standard InChI is InChI=1S/C21H30N4O/c1-17(2)26-20-12-10-19(11-13-20)24-21(22)23-14-7-15-25(3)16-18-8-5-4-6-9-18/h4-6,8-13,17H,7,14-16H2,1-3H3,(H3,22,23,24). The third-order valence-corrected chi connectivity index (χ3v) is 3.77. The van der Waals surface area contributed by atoms with Crippen LogP contribution in [0.4, 0.5) is 5.69 Å². The zero-order valence-corrected chi connectivity index (χ0v) is 16.0. The van der Waals surface area contributed by atoms with E-state index in [0.29, 0.717) is 12.5 Å². The minimum atomic E-state index is 0.167. The van der Waals surface area contributed by atoms with Crippen LogP contribution < -0.4 is 15.8 Å². The van der Waals surface area contributed by atoms with Crippen molar-refractivity contribution in [2.24, 2.45) is 10.7 Å². The van der Waals surface area contributed by atoms with Gasteiger partial charge in [0, 0.05) is 18.8 Å². The summed E-state index contributed by atoms with van der Waals surface area (Å²) in [5.41, 5.74) is 8.19. The van der Waals surface area contributed by atoms with Crippen molar-refractivity contribution < 1.29 is 4.74 Å². The van der Waals surface area contributed by atoms with Crippen molar-refractivity contribution in [3.05, 3.63) is 60.2 Å². The van der Waals surface area contributed by atoms with Crippen LogP contribution in [0.5, 0.6) is 5.75 Å². The monoisotopic (exact) mass is 354 g/mol. The third-order valence-electron chi connectivity index (χ3n) is 3.77. The molecule has 26 heavy (non-hydrogen) atoms. The number of hydrogen-bond donors (Lipinski definition) is 2. The molecule has 0 aliphatic rings. The van der Waals surface area contributed by atoms with Crippen molar-refractivity contribution in [3.8, 4) is 5.75 Å². The lowest BCUT2D eigenvalue weighted by Crippen LogP contribution is -2.24. The number of anilines is 1. The molecule has 0 spiro atoms. The van der Waals surface area contributed by atoms with Crippen LogP contribution in [-0.2, 0) is 6.54 Å². The average molecular weight is 354 g/mol. The summed E-state index contributed by atoms with van der Waals surface area (Å²) in [4.78, 5) is 6.69. The van der Waals surface area contributed by atoms with Gasteiger partial charge < -0.3 is 20.7 Å². The first-order valence-electron chi connectivity index (χ1n) is 9.09. The Morgan fingerprint density at radius 1 is 1.12 bits per heavy atom. The molecule has 2 aromatic carbocycles. The van der Waals surface area contributed by atoms with E-state index in [0.717, 1.165) is 30.9 Å². The highest BCUT2D eigenvalue weighted by Gasteiger charge is 2.01. The van der Waals surface area contributed by atoms with E-state index in [1.54, 1.807) is 0 Å². The summed E-state index contributed by atoms with van der Waals surface area (Å²) in [5.74, 6) is 1.29. The first kappa shape index (κ1) is 19.8. The van der Waals surface area contributed by atoms with Crippen LogP contribution in [0.1, 0.15) is 25.8 Å². The molecular formula is C21H30N4O. The van der Waals surface area contributed by atoms with Gasteiger partial charge in [0.05, 0.1) is 6.10 Å². The summed E-state index contributed by atoms with van der Waals surface area (Å²) < 4.78 is 5.62. The molecule has 0 bridgehead atoms. The predicted octanol–water partition coefficient (Wildman–Crippen LogP) is 3.72. The molecule has 5 heteroatoms. The Hall–Kier alpha value is -2.53. The molecule has 0 unspecified atom stereocenters. The maximum atomic E-state index is 5.96. The molecule has 0 heterocycles. The summed E-state index contributed by atoms with van der Waals surface area (Å²) in [7, 11) is 2.12. The number of rotatable bonds is 9. The van der Waals surface area contributed by atoms with Crippen molar-refractivity contribution in [1.82, 2.24) is 4.90 Å². The minimum absolute atomic E-state index is 0.167. The predicted molar refractivity (Wildman–Crippen MR) is 110 cm³/mol. The smallest absolute Gasteiger partial charge is 0.193 e. The summed E-state index contributed by atoms with van der Waals surface area (Å²) in [6.07, 6.45) is 1.13.